The van der Waals surface area contributed by atoms with E-state index in [4.69, 9.17) is 4.74 Å². The molecule has 0 N–H and O–H groups in total. The van der Waals surface area contributed by atoms with Crippen LogP contribution in [0.1, 0.15) is 59.8 Å². The minimum absolute atomic E-state index is 0.0737. The highest BCUT2D eigenvalue weighted by atomic mass is 79.9. The zero-order valence-corrected chi connectivity index (χ0v) is 19.6. The Labute approximate surface area is 192 Å². The molecule has 3 aromatic rings. The van der Waals surface area contributed by atoms with Gasteiger partial charge >= 0.3 is 5.97 Å². The number of carbonyl (C=O) groups is 2. The largest absolute Gasteiger partial charge is 0.458 e. The Bertz CT molecular complexity index is 1030. The van der Waals surface area contributed by atoms with Gasteiger partial charge in [0.05, 0.1) is 11.8 Å². The number of ketones is 1. The third-order valence-electron chi connectivity index (χ3n) is 5.31. The second-order valence-corrected chi connectivity index (χ2v) is 8.89. The molecular formula is C27H27BrO3. The van der Waals surface area contributed by atoms with Crippen molar-refractivity contribution in [2.45, 2.75) is 39.2 Å². The van der Waals surface area contributed by atoms with Gasteiger partial charge in [-0.2, -0.15) is 0 Å². The van der Waals surface area contributed by atoms with Crippen LogP contribution in [0.3, 0.4) is 0 Å². The molecule has 3 aromatic carbocycles. The number of halogens is 1. The highest BCUT2D eigenvalue weighted by molar-refractivity contribution is 9.10. The van der Waals surface area contributed by atoms with Gasteiger partial charge in [-0.05, 0) is 42.2 Å². The van der Waals surface area contributed by atoms with E-state index in [1.807, 2.05) is 99.6 Å². The quantitative estimate of drug-likeness (QED) is 0.260. The van der Waals surface area contributed by atoms with Crippen LogP contribution < -0.4 is 0 Å². The molecule has 0 aliphatic rings. The molecule has 0 saturated heterocycles. The molecule has 31 heavy (non-hydrogen) atoms. The van der Waals surface area contributed by atoms with Crippen molar-refractivity contribution in [1.82, 2.24) is 0 Å². The zero-order valence-electron chi connectivity index (χ0n) is 18.0. The monoisotopic (exact) mass is 478 g/mol. The highest BCUT2D eigenvalue weighted by Gasteiger charge is 2.25. The normalized spacial score (nSPS) is 12.9. The first-order chi connectivity index (χ1) is 14.9. The molecule has 0 spiro atoms. The van der Waals surface area contributed by atoms with E-state index in [2.05, 4.69) is 15.9 Å². The van der Waals surface area contributed by atoms with Crippen molar-refractivity contribution in [3.05, 3.63) is 106 Å². The molecule has 2 unspecified atom stereocenters. The number of benzene rings is 3. The van der Waals surface area contributed by atoms with Crippen molar-refractivity contribution >= 4 is 27.7 Å². The van der Waals surface area contributed by atoms with Crippen molar-refractivity contribution in [3.8, 4) is 0 Å². The van der Waals surface area contributed by atoms with Gasteiger partial charge in [0.2, 0.25) is 0 Å². The second kappa shape index (κ2) is 10.5. The Morgan fingerprint density at radius 2 is 1.48 bits per heavy atom. The van der Waals surface area contributed by atoms with Crippen molar-refractivity contribution in [2.24, 2.45) is 5.92 Å². The first-order valence-corrected chi connectivity index (χ1v) is 11.3. The maximum absolute atomic E-state index is 13.5. The maximum Gasteiger partial charge on any atom is 0.308 e. The summed E-state index contributed by atoms with van der Waals surface area (Å²) < 4.78 is 6.60. The SMILES string of the molecule is CC(C)C(=O)OC(C)c1ccc(Br)cc1CC(C(=O)c1ccccc1)c1ccccc1. The van der Waals surface area contributed by atoms with E-state index < -0.39 is 6.10 Å². The number of Topliss-reactive ketones (excluding diaryl/α,β-unsaturated/α-hetero) is 1. The van der Waals surface area contributed by atoms with Gasteiger partial charge in [0, 0.05) is 10.0 Å². The summed E-state index contributed by atoms with van der Waals surface area (Å²) in [5.41, 5.74) is 3.55. The zero-order chi connectivity index (χ0) is 22.4. The lowest BCUT2D eigenvalue weighted by Gasteiger charge is -2.22. The molecule has 0 heterocycles. The maximum atomic E-state index is 13.5. The van der Waals surface area contributed by atoms with Gasteiger partial charge in [-0.1, -0.05) is 96.5 Å². The standard InChI is InChI=1S/C27H27BrO3/c1-18(2)27(30)31-19(3)24-15-14-23(28)16-22(24)17-25(20-10-6-4-7-11-20)26(29)21-12-8-5-9-13-21/h4-16,18-19,25H,17H2,1-3H3. The van der Waals surface area contributed by atoms with E-state index in [0.29, 0.717) is 12.0 Å². The fraction of sp³-hybridized carbons (Fsp3) is 0.259. The van der Waals surface area contributed by atoms with Crippen molar-refractivity contribution in [1.29, 1.82) is 0 Å². The van der Waals surface area contributed by atoms with E-state index >= 15 is 0 Å². The predicted octanol–water partition coefficient (Wildman–Crippen LogP) is 6.92. The van der Waals surface area contributed by atoms with Gasteiger partial charge in [-0.15, -0.1) is 0 Å². The lowest BCUT2D eigenvalue weighted by atomic mass is 9.84. The van der Waals surface area contributed by atoms with Gasteiger partial charge < -0.3 is 4.74 Å². The van der Waals surface area contributed by atoms with Crippen molar-refractivity contribution in [3.63, 3.8) is 0 Å². The average molecular weight is 479 g/mol. The summed E-state index contributed by atoms with van der Waals surface area (Å²) in [6, 6.07) is 25.1. The lowest BCUT2D eigenvalue weighted by molar-refractivity contribution is -0.152. The van der Waals surface area contributed by atoms with Crippen molar-refractivity contribution < 1.29 is 14.3 Å². The van der Waals surface area contributed by atoms with E-state index in [1.54, 1.807) is 0 Å². The van der Waals surface area contributed by atoms with Crippen LogP contribution in [0.25, 0.3) is 0 Å². The third-order valence-corrected chi connectivity index (χ3v) is 5.80. The van der Waals surface area contributed by atoms with Gasteiger partial charge in [0.15, 0.2) is 5.78 Å². The molecule has 0 amide bonds. The smallest absolute Gasteiger partial charge is 0.308 e. The molecule has 0 aromatic heterocycles. The minimum Gasteiger partial charge on any atom is -0.458 e. The van der Waals surface area contributed by atoms with Crippen LogP contribution in [-0.4, -0.2) is 11.8 Å². The molecule has 2 atom stereocenters. The fourth-order valence-corrected chi connectivity index (χ4v) is 4.00. The number of ether oxygens (including phenoxy) is 1. The summed E-state index contributed by atoms with van der Waals surface area (Å²) in [7, 11) is 0. The molecule has 0 aliphatic carbocycles. The molecule has 0 saturated carbocycles. The van der Waals surface area contributed by atoms with Crippen molar-refractivity contribution in [2.75, 3.05) is 0 Å². The Morgan fingerprint density at radius 1 is 0.871 bits per heavy atom. The number of rotatable bonds is 8. The summed E-state index contributed by atoms with van der Waals surface area (Å²) in [6.07, 6.45) is 0.108. The number of hydrogen-bond acceptors (Lipinski definition) is 3. The summed E-state index contributed by atoms with van der Waals surface area (Å²) in [4.78, 5) is 25.6. The van der Waals surface area contributed by atoms with Crippen LogP contribution in [-0.2, 0) is 16.0 Å². The molecule has 0 bridgehead atoms. The van der Waals surface area contributed by atoms with Crippen LogP contribution in [0.4, 0.5) is 0 Å². The molecular weight excluding hydrogens is 452 g/mol. The Balaban J connectivity index is 1.98. The van der Waals surface area contributed by atoms with E-state index in [9.17, 15) is 9.59 Å². The van der Waals surface area contributed by atoms with Crippen LogP contribution in [0.5, 0.6) is 0 Å². The molecule has 160 valence electrons. The second-order valence-electron chi connectivity index (χ2n) is 7.97. The number of carbonyl (C=O) groups excluding carboxylic acids is 2. The van der Waals surface area contributed by atoms with Gasteiger partial charge in [-0.3, -0.25) is 9.59 Å². The topological polar surface area (TPSA) is 43.4 Å². The summed E-state index contributed by atoms with van der Waals surface area (Å²) in [5, 5.41) is 0. The summed E-state index contributed by atoms with van der Waals surface area (Å²) >= 11 is 3.55. The highest BCUT2D eigenvalue weighted by Crippen LogP contribution is 2.32. The van der Waals surface area contributed by atoms with Crippen LogP contribution in [0.15, 0.2) is 83.3 Å². The van der Waals surface area contributed by atoms with Crippen LogP contribution in [0, 0.1) is 5.92 Å². The molecule has 0 fully saturated rings. The molecule has 3 nitrogen and oxygen atoms in total. The van der Waals surface area contributed by atoms with Crippen LogP contribution >= 0.6 is 15.9 Å². The predicted molar refractivity (Wildman–Crippen MR) is 127 cm³/mol. The first kappa shape index (κ1) is 23.0. The molecule has 0 aliphatic heterocycles. The number of esters is 1. The summed E-state index contributed by atoms with van der Waals surface area (Å²) in [6.45, 7) is 5.52. The Hall–Kier alpha value is -2.72. The van der Waals surface area contributed by atoms with Gasteiger partial charge in [0.25, 0.3) is 0 Å². The first-order valence-electron chi connectivity index (χ1n) is 10.5. The van der Waals surface area contributed by atoms with Gasteiger partial charge in [-0.25, -0.2) is 0 Å². The lowest BCUT2D eigenvalue weighted by Crippen LogP contribution is -2.19. The fourth-order valence-electron chi connectivity index (χ4n) is 3.59. The minimum atomic E-state index is -0.402. The third kappa shape index (κ3) is 5.92. The van der Waals surface area contributed by atoms with Crippen LogP contribution in [0.2, 0.25) is 0 Å². The Kier molecular flexibility index (Phi) is 7.80. The number of hydrogen-bond donors (Lipinski definition) is 0. The Morgan fingerprint density at radius 3 is 2.10 bits per heavy atom. The van der Waals surface area contributed by atoms with E-state index in [-0.39, 0.29) is 23.6 Å². The molecule has 3 rings (SSSR count). The molecule has 4 heteroatoms. The summed E-state index contributed by atoms with van der Waals surface area (Å²) in [5.74, 6) is -0.700. The van der Waals surface area contributed by atoms with E-state index in [0.717, 1.165) is 21.2 Å². The molecule has 0 radical (unpaired) electrons. The average Bonchev–Trinajstić information content (AvgIpc) is 2.78. The van der Waals surface area contributed by atoms with Gasteiger partial charge in [0.1, 0.15) is 6.10 Å². The van der Waals surface area contributed by atoms with E-state index in [1.165, 1.54) is 0 Å².